The Morgan fingerprint density at radius 2 is 1.70 bits per heavy atom. The molecule has 0 spiro atoms. The molecular weight excluding hydrogens is 451 g/mol. The number of nitrogens with zero attached hydrogens (tertiary/aromatic N) is 4. The topological polar surface area (TPSA) is 137 Å². The van der Waals surface area contributed by atoms with Crippen molar-refractivity contribution in [3.8, 4) is 11.8 Å². The molecule has 0 atom stereocenters. The maximum absolute atomic E-state index is 12.1. The van der Waals surface area contributed by atoms with Crippen LogP contribution in [0, 0.1) is 11.3 Å². The second-order valence-corrected chi connectivity index (χ2v) is 7.69. The van der Waals surface area contributed by atoms with Gasteiger partial charge in [0.15, 0.2) is 0 Å². The Bertz CT molecular complexity index is 1510. The fourth-order valence-corrected chi connectivity index (χ4v) is 4.27. The summed E-state index contributed by atoms with van der Waals surface area (Å²) in [5.74, 6) is 0. The lowest BCUT2D eigenvalue weighted by molar-refractivity contribution is 0.740. The average Bonchev–Trinajstić information content (AvgIpc) is 2.72. The molecule has 0 aliphatic rings. The lowest BCUT2D eigenvalue weighted by Crippen LogP contribution is -2.33. The summed E-state index contributed by atoms with van der Waals surface area (Å²) in [6.45, 7) is 0. The molecule has 0 unspecified atom stereocenters. The van der Waals surface area contributed by atoms with E-state index in [0.717, 1.165) is 16.4 Å². The predicted molar refractivity (Wildman–Crippen MR) is 112 cm³/mol. The van der Waals surface area contributed by atoms with E-state index in [1.54, 1.807) is 30.3 Å². The summed E-state index contributed by atoms with van der Waals surface area (Å²) in [6, 6.07) is 11.4. The molecule has 0 radical (unpaired) electrons. The quantitative estimate of drug-likeness (QED) is 0.480. The summed E-state index contributed by atoms with van der Waals surface area (Å²) >= 11 is 13.9. The van der Waals surface area contributed by atoms with Gasteiger partial charge in [0.05, 0.1) is 26.0 Å². The van der Waals surface area contributed by atoms with Crippen molar-refractivity contribution in [2.24, 2.45) is 0 Å². The van der Waals surface area contributed by atoms with Crippen LogP contribution in [0.2, 0.25) is 10.0 Å². The highest BCUT2D eigenvalue weighted by atomic mass is 35.5. The van der Waals surface area contributed by atoms with Gasteiger partial charge in [0.25, 0.3) is 11.1 Å². The zero-order valence-corrected chi connectivity index (χ0v) is 17.0. The van der Waals surface area contributed by atoms with Crippen LogP contribution >= 0.6 is 35.0 Å². The van der Waals surface area contributed by atoms with Crippen molar-refractivity contribution in [1.82, 2.24) is 25.0 Å². The SMILES string of the molecule is N#Cc1nn(-c2cc(Cl)c(Sc3n[nH]c(=O)c4ccccc34)c(Cl)c2)c(=O)[nH]c1=O. The lowest BCUT2D eigenvalue weighted by atomic mass is 10.2. The summed E-state index contributed by atoms with van der Waals surface area (Å²) < 4.78 is 0.819. The summed E-state index contributed by atoms with van der Waals surface area (Å²) in [7, 11) is 0. The van der Waals surface area contributed by atoms with E-state index in [1.807, 2.05) is 4.98 Å². The van der Waals surface area contributed by atoms with E-state index in [2.05, 4.69) is 15.3 Å². The Kier molecular flexibility index (Phi) is 5.17. The van der Waals surface area contributed by atoms with Crippen molar-refractivity contribution >= 4 is 45.7 Å². The molecule has 0 aliphatic carbocycles. The van der Waals surface area contributed by atoms with Crippen LogP contribution in [0.5, 0.6) is 0 Å². The molecule has 0 bridgehead atoms. The van der Waals surface area contributed by atoms with Crippen molar-refractivity contribution in [3.63, 3.8) is 0 Å². The van der Waals surface area contributed by atoms with Crippen LogP contribution in [0.3, 0.4) is 0 Å². The molecule has 30 heavy (non-hydrogen) atoms. The first-order valence-corrected chi connectivity index (χ1v) is 9.74. The summed E-state index contributed by atoms with van der Waals surface area (Å²) in [5, 5.41) is 21.1. The van der Waals surface area contributed by atoms with E-state index in [9.17, 15) is 14.4 Å². The van der Waals surface area contributed by atoms with E-state index in [-0.39, 0.29) is 21.3 Å². The minimum Gasteiger partial charge on any atom is -0.270 e. The van der Waals surface area contributed by atoms with Gasteiger partial charge in [0, 0.05) is 5.39 Å². The molecule has 0 saturated carbocycles. The highest BCUT2D eigenvalue weighted by Gasteiger charge is 2.16. The molecule has 0 fully saturated rings. The molecule has 4 rings (SSSR count). The zero-order valence-electron chi connectivity index (χ0n) is 14.6. The predicted octanol–water partition coefficient (Wildman–Crippen LogP) is 2.49. The third-order valence-electron chi connectivity index (χ3n) is 4.02. The fourth-order valence-electron chi connectivity index (χ4n) is 2.68. The smallest absolute Gasteiger partial charge is 0.270 e. The molecule has 148 valence electrons. The highest BCUT2D eigenvalue weighted by molar-refractivity contribution is 7.99. The third-order valence-corrected chi connectivity index (χ3v) is 5.99. The molecule has 2 heterocycles. The number of nitrogens with one attached hydrogen (secondary N) is 2. The van der Waals surface area contributed by atoms with Crippen LogP contribution in [-0.2, 0) is 0 Å². The molecule has 2 aromatic heterocycles. The van der Waals surface area contributed by atoms with Gasteiger partial charge in [-0.15, -0.1) is 5.10 Å². The molecule has 0 amide bonds. The van der Waals surface area contributed by atoms with E-state index in [4.69, 9.17) is 28.5 Å². The maximum atomic E-state index is 12.1. The number of rotatable bonds is 3. The molecule has 9 nitrogen and oxygen atoms in total. The number of halogens is 2. The van der Waals surface area contributed by atoms with Gasteiger partial charge in [-0.2, -0.15) is 15.0 Å². The molecule has 12 heteroatoms. The Morgan fingerprint density at radius 3 is 2.37 bits per heavy atom. The van der Waals surface area contributed by atoms with E-state index in [0.29, 0.717) is 20.7 Å². The summed E-state index contributed by atoms with van der Waals surface area (Å²) in [6.07, 6.45) is 0. The Hall–Kier alpha value is -3.39. The first kappa shape index (κ1) is 19.9. The largest absolute Gasteiger partial charge is 0.349 e. The number of hydrogen-bond donors (Lipinski definition) is 2. The standard InChI is InChI=1S/C18H8Cl2N6O3S/c19-11-5-8(26-18(29)22-16(28)13(7-21)25-26)6-12(20)14(11)30-17-10-4-2-1-3-9(10)15(27)23-24-17/h1-6H,(H,23,27)(H,22,28,29). The first-order chi connectivity index (χ1) is 14.4. The van der Waals surface area contributed by atoms with E-state index < -0.39 is 16.9 Å². The Balaban J connectivity index is 1.82. The van der Waals surface area contributed by atoms with Gasteiger partial charge >= 0.3 is 5.69 Å². The van der Waals surface area contributed by atoms with Crippen molar-refractivity contribution in [1.29, 1.82) is 5.26 Å². The minimum absolute atomic E-state index is 0.159. The van der Waals surface area contributed by atoms with Gasteiger partial charge in [0.2, 0.25) is 5.69 Å². The number of fused-ring (bicyclic) bond motifs is 1. The Morgan fingerprint density at radius 1 is 1.03 bits per heavy atom. The molecule has 4 aromatic rings. The zero-order chi connectivity index (χ0) is 21.4. The van der Waals surface area contributed by atoms with Crippen LogP contribution in [0.4, 0.5) is 0 Å². The van der Waals surface area contributed by atoms with Gasteiger partial charge in [-0.1, -0.05) is 53.2 Å². The molecular formula is C18H8Cl2N6O3S. The molecule has 0 saturated heterocycles. The van der Waals surface area contributed by atoms with Crippen molar-refractivity contribution in [3.05, 3.63) is 83.3 Å². The van der Waals surface area contributed by atoms with Gasteiger partial charge in [-0.25, -0.2) is 9.89 Å². The molecule has 2 aromatic carbocycles. The third kappa shape index (κ3) is 3.50. The lowest BCUT2D eigenvalue weighted by Gasteiger charge is -2.11. The number of aromatic nitrogens is 5. The summed E-state index contributed by atoms with van der Waals surface area (Å²) in [5.41, 5.74) is -2.38. The number of nitriles is 1. The number of aromatic amines is 2. The van der Waals surface area contributed by atoms with E-state index in [1.165, 1.54) is 12.1 Å². The van der Waals surface area contributed by atoms with E-state index >= 15 is 0 Å². The molecule has 2 N–H and O–H groups in total. The van der Waals surface area contributed by atoms with Gasteiger partial charge in [-0.05, 0) is 18.2 Å². The van der Waals surface area contributed by atoms with Crippen LogP contribution in [-0.4, -0.2) is 25.0 Å². The summed E-state index contributed by atoms with van der Waals surface area (Å²) in [4.78, 5) is 38.0. The first-order valence-electron chi connectivity index (χ1n) is 8.17. The van der Waals surface area contributed by atoms with Crippen molar-refractivity contribution in [2.75, 3.05) is 0 Å². The average molecular weight is 459 g/mol. The van der Waals surface area contributed by atoms with Crippen LogP contribution < -0.4 is 16.8 Å². The second-order valence-electron chi connectivity index (χ2n) is 5.88. The van der Waals surface area contributed by atoms with Crippen LogP contribution in [0.15, 0.2) is 60.7 Å². The molecule has 0 aliphatic heterocycles. The monoisotopic (exact) mass is 458 g/mol. The van der Waals surface area contributed by atoms with Gasteiger partial charge in [0.1, 0.15) is 11.1 Å². The van der Waals surface area contributed by atoms with Crippen molar-refractivity contribution < 1.29 is 0 Å². The van der Waals surface area contributed by atoms with Crippen LogP contribution in [0.25, 0.3) is 16.5 Å². The normalized spacial score (nSPS) is 10.8. The number of H-pyrrole nitrogens is 2. The number of hydrogen-bond acceptors (Lipinski definition) is 7. The van der Waals surface area contributed by atoms with Gasteiger partial charge < -0.3 is 0 Å². The maximum Gasteiger partial charge on any atom is 0.349 e. The van der Waals surface area contributed by atoms with Gasteiger partial charge in [-0.3, -0.25) is 14.6 Å². The highest BCUT2D eigenvalue weighted by Crippen LogP contribution is 2.40. The fraction of sp³-hybridized carbons (Fsp3) is 0. The van der Waals surface area contributed by atoms with Crippen molar-refractivity contribution in [2.45, 2.75) is 9.92 Å². The van der Waals surface area contributed by atoms with Crippen LogP contribution in [0.1, 0.15) is 5.69 Å². The number of benzene rings is 2. The second kappa shape index (κ2) is 7.79. The Labute approximate surface area is 180 Å². The minimum atomic E-state index is -0.890.